The van der Waals surface area contributed by atoms with Crippen LogP contribution in [-0.4, -0.2) is 47.7 Å². The lowest BCUT2D eigenvalue weighted by Gasteiger charge is -2.36. The fourth-order valence-corrected chi connectivity index (χ4v) is 2.63. The molecule has 2 unspecified atom stereocenters. The number of hydrogen-bond donors (Lipinski definition) is 2. The zero-order valence-corrected chi connectivity index (χ0v) is 9.93. The number of likely N-dealkylation sites (tertiary alicyclic amines) is 1. The monoisotopic (exact) mass is 237 g/mol. The summed E-state index contributed by atoms with van der Waals surface area (Å²) in [6.45, 7) is 2.02. The molecule has 0 aromatic rings. The number of rotatable bonds is 5. The van der Waals surface area contributed by atoms with Crippen molar-refractivity contribution in [1.29, 1.82) is 5.26 Å². The van der Waals surface area contributed by atoms with Crippen molar-refractivity contribution in [2.24, 2.45) is 5.92 Å². The van der Waals surface area contributed by atoms with Crippen LogP contribution >= 0.6 is 0 Å². The molecule has 2 N–H and O–H groups in total. The predicted molar refractivity (Wildman–Crippen MR) is 62.4 cm³/mol. The summed E-state index contributed by atoms with van der Waals surface area (Å²) in [5, 5.41) is 21.1. The van der Waals surface area contributed by atoms with Crippen molar-refractivity contribution < 1.29 is 9.90 Å². The van der Waals surface area contributed by atoms with Gasteiger partial charge in [0.1, 0.15) is 0 Å². The molecule has 2 rings (SSSR count). The molecule has 0 spiro atoms. The Morgan fingerprint density at radius 1 is 1.41 bits per heavy atom. The molecular weight excluding hydrogens is 218 g/mol. The third kappa shape index (κ3) is 3.99. The van der Waals surface area contributed by atoms with E-state index in [1.807, 2.05) is 0 Å². The van der Waals surface area contributed by atoms with E-state index in [4.69, 9.17) is 10.4 Å². The Kier molecular flexibility index (Phi) is 3.97. The molecule has 2 aliphatic rings. The zero-order chi connectivity index (χ0) is 12.3. The SMILES string of the molecule is N#CCN1CC(CC(=O)O)CC(NC2CC2)C1. The molecule has 94 valence electrons. The molecule has 5 heteroatoms. The number of hydrogen-bond acceptors (Lipinski definition) is 4. The van der Waals surface area contributed by atoms with Crippen molar-refractivity contribution in [1.82, 2.24) is 10.2 Å². The fraction of sp³-hybridized carbons (Fsp3) is 0.833. The lowest BCUT2D eigenvalue weighted by atomic mass is 9.91. The number of carboxylic acid groups (broad SMARTS) is 1. The van der Waals surface area contributed by atoms with Crippen LogP contribution in [-0.2, 0) is 4.79 Å². The van der Waals surface area contributed by atoms with Crippen LogP contribution in [0.2, 0.25) is 0 Å². The lowest BCUT2D eigenvalue weighted by Crippen LogP contribution is -2.50. The summed E-state index contributed by atoms with van der Waals surface area (Å²) in [7, 11) is 0. The molecule has 5 nitrogen and oxygen atoms in total. The van der Waals surface area contributed by atoms with Crippen LogP contribution in [0.15, 0.2) is 0 Å². The van der Waals surface area contributed by atoms with E-state index in [1.54, 1.807) is 0 Å². The molecule has 0 amide bonds. The Hall–Kier alpha value is -1.12. The summed E-state index contributed by atoms with van der Waals surface area (Å²) in [6.07, 6.45) is 3.60. The van der Waals surface area contributed by atoms with Crippen molar-refractivity contribution in [2.45, 2.75) is 37.8 Å². The van der Waals surface area contributed by atoms with Crippen LogP contribution in [0.4, 0.5) is 0 Å². The summed E-state index contributed by atoms with van der Waals surface area (Å²) in [4.78, 5) is 12.8. The average molecular weight is 237 g/mol. The highest BCUT2D eigenvalue weighted by Gasteiger charge is 2.32. The van der Waals surface area contributed by atoms with E-state index in [0.717, 1.165) is 19.5 Å². The van der Waals surface area contributed by atoms with Crippen molar-refractivity contribution in [3.05, 3.63) is 0 Å². The van der Waals surface area contributed by atoms with Gasteiger partial charge in [-0.15, -0.1) is 0 Å². The maximum atomic E-state index is 10.8. The van der Waals surface area contributed by atoms with Gasteiger partial charge in [-0.25, -0.2) is 0 Å². The topological polar surface area (TPSA) is 76.4 Å². The Balaban J connectivity index is 1.88. The zero-order valence-electron chi connectivity index (χ0n) is 9.93. The Morgan fingerprint density at radius 2 is 2.18 bits per heavy atom. The van der Waals surface area contributed by atoms with Gasteiger partial charge in [0.25, 0.3) is 0 Å². The predicted octanol–water partition coefficient (Wildman–Crippen LogP) is 0.427. The third-order valence-corrected chi connectivity index (χ3v) is 3.42. The minimum Gasteiger partial charge on any atom is -0.481 e. The van der Waals surface area contributed by atoms with Gasteiger partial charge in [0.2, 0.25) is 0 Å². The first kappa shape index (κ1) is 12.3. The summed E-state index contributed by atoms with van der Waals surface area (Å²) in [5.41, 5.74) is 0. The fourth-order valence-electron chi connectivity index (χ4n) is 2.63. The van der Waals surface area contributed by atoms with Gasteiger partial charge >= 0.3 is 5.97 Å². The molecule has 1 aliphatic heterocycles. The van der Waals surface area contributed by atoms with Crippen molar-refractivity contribution in [3.63, 3.8) is 0 Å². The minimum absolute atomic E-state index is 0.172. The lowest BCUT2D eigenvalue weighted by molar-refractivity contribution is -0.138. The molecular formula is C12H19N3O2. The van der Waals surface area contributed by atoms with Gasteiger partial charge in [-0.2, -0.15) is 5.26 Å². The number of nitrogens with one attached hydrogen (secondary N) is 1. The van der Waals surface area contributed by atoms with E-state index in [0.29, 0.717) is 18.6 Å². The molecule has 0 aromatic carbocycles. The van der Waals surface area contributed by atoms with E-state index >= 15 is 0 Å². The van der Waals surface area contributed by atoms with Crippen molar-refractivity contribution in [3.8, 4) is 6.07 Å². The van der Waals surface area contributed by atoms with Crippen LogP contribution in [0.5, 0.6) is 0 Å². The van der Waals surface area contributed by atoms with Gasteiger partial charge < -0.3 is 10.4 Å². The highest BCUT2D eigenvalue weighted by Crippen LogP contribution is 2.25. The molecule has 2 fully saturated rings. The highest BCUT2D eigenvalue weighted by molar-refractivity contribution is 5.67. The van der Waals surface area contributed by atoms with E-state index in [-0.39, 0.29) is 12.3 Å². The van der Waals surface area contributed by atoms with Crippen LogP contribution < -0.4 is 5.32 Å². The summed E-state index contributed by atoms with van der Waals surface area (Å²) >= 11 is 0. The second kappa shape index (κ2) is 5.48. The summed E-state index contributed by atoms with van der Waals surface area (Å²) in [6, 6.07) is 3.14. The summed E-state index contributed by atoms with van der Waals surface area (Å²) < 4.78 is 0. The molecule has 1 aliphatic carbocycles. The van der Waals surface area contributed by atoms with Gasteiger partial charge in [-0.3, -0.25) is 9.69 Å². The van der Waals surface area contributed by atoms with Crippen molar-refractivity contribution in [2.75, 3.05) is 19.6 Å². The van der Waals surface area contributed by atoms with Crippen LogP contribution in [0, 0.1) is 17.2 Å². The van der Waals surface area contributed by atoms with Gasteiger partial charge in [0, 0.05) is 31.6 Å². The minimum atomic E-state index is -0.737. The second-order valence-corrected chi connectivity index (χ2v) is 5.19. The van der Waals surface area contributed by atoms with Gasteiger partial charge in [-0.05, 0) is 25.2 Å². The van der Waals surface area contributed by atoms with E-state index in [1.165, 1.54) is 12.8 Å². The molecule has 2 atom stereocenters. The maximum absolute atomic E-state index is 10.8. The number of nitrogens with zero attached hydrogens (tertiary/aromatic N) is 2. The molecule has 1 heterocycles. The Labute approximate surface area is 101 Å². The first-order valence-electron chi connectivity index (χ1n) is 6.24. The molecule has 0 aromatic heterocycles. The largest absolute Gasteiger partial charge is 0.481 e. The first-order chi connectivity index (χ1) is 8.17. The quantitative estimate of drug-likeness (QED) is 0.678. The smallest absolute Gasteiger partial charge is 0.303 e. The van der Waals surface area contributed by atoms with E-state index in [9.17, 15) is 4.79 Å². The first-order valence-corrected chi connectivity index (χ1v) is 6.24. The molecule has 0 radical (unpaired) electrons. The number of aliphatic carboxylic acids is 1. The van der Waals surface area contributed by atoms with Gasteiger partial charge in [0.05, 0.1) is 12.6 Å². The second-order valence-electron chi connectivity index (χ2n) is 5.19. The average Bonchev–Trinajstić information content (AvgIpc) is 3.00. The van der Waals surface area contributed by atoms with Crippen LogP contribution in [0.25, 0.3) is 0 Å². The molecule has 17 heavy (non-hydrogen) atoms. The molecule has 1 saturated carbocycles. The number of carboxylic acids is 1. The number of piperidine rings is 1. The number of nitriles is 1. The molecule has 0 bridgehead atoms. The third-order valence-electron chi connectivity index (χ3n) is 3.42. The summed E-state index contributed by atoms with van der Waals surface area (Å²) in [5.74, 6) is -0.565. The maximum Gasteiger partial charge on any atom is 0.303 e. The normalized spacial score (nSPS) is 29.8. The van der Waals surface area contributed by atoms with Crippen LogP contribution in [0.3, 0.4) is 0 Å². The van der Waals surface area contributed by atoms with Gasteiger partial charge in [0.15, 0.2) is 0 Å². The van der Waals surface area contributed by atoms with E-state index in [2.05, 4.69) is 16.3 Å². The number of carbonyl (C=O) groups is 1. The Bertz CT molecular complexity index is 322. The highest BCUT2D eigenvalue weighted by atomic mass is 16.4. The van der Waals surface area contributed by atoms with Crippen LogP contribution in [0.1, 0.15) is 25.7 Å². The standard InChI is InChI=1S/C12H19N3O2/c13-3-4-15-7-9(6-12(16)17)5-11(8-15)14-10-1-2-10/h9-11,14H,1-2,4-8H2,(H,16,17). The van der Waals surface area contributed by atoms with Gasteiger partial charge in [-0.1, -0.05) is 0 Å². The van der Waals surface area contributed by atoms with E-state index < -0.39 is 5.97 Å². The van der Waals surface area contributed by atoms with Crippen molar-refractivity contribution >= 4 is 5.97 Å². The Morgan fingerprint density at radius 3 is 2.76 bits per heavy atom. The molecule has 1 saturated heterocycles.